The van der Waals surface area contributed by atoms with E-state index in [1.54, 1.807) is 6.92 Å². The van der Waals surface area contributed by atoms with Crippen molar-refractivity contribution in [3.8, 4) is 0 Å². The Morgan fingerprint density at radius 3 is 2.56 bits per heavy atom. The molecular formula is C12H10BrF2NO2. The number of hydrogen-bond acceptors (Lipinski definition) is 1. The molecule has 96 valence electrons. The van der Waals surface area contributed by atoms with E-state index in [1.807, 2.05) is 0 Å². The second-order valence-electron chi connectivity index (χ2n) is 4.14. The molecule has 0 radical (unpaired) electrons. The van der Waals surface area contributed by atoms with Gasteiger partial charge in [-0.25, -0.2) is 18.1 Å². The summed E-state index contributed by atoms with van der Waals surface area (Å²) < 4.78 is 28.1. The van der Waals surface area contributed by atoms with Gasteiger partial charge in [0.15, 0.2) is 0 Å². The fraction of sp³-hybridized carbons (Fsp3) is 0.250. The van der Waals surface area contributed by atoms with Gasteiger partial charge in [-0.05, 0) is 35.0 Å². The number of hydrogen-bond donors (Lipinski definition) is 1. The van der Waals surface area contributed by atoms with Crippen molar-refractivity contribution in [1.82, 2.24) is 4.57 Å². The lowest BCUT2D eigenvalue weighted by atomic mass is 10.1. The van der Waals surface area contributed by atoms with Crippen LogP contribution in [0.15, 0.2) is 22.7 Å². The smallest absolute Gasteiger partial charge is 0.416 e. The monoisotopic (exact) mass is 317 g/mol. The first-order valence-electron chi connectivity index (χ1n) is 5.15. The molecule has 0 atom stereocenters. The molecular weight excluding hydrogens is 308 g/mol. The van der Waals surface area contributed by atoms with Crippen LogP contribution in [0.3, 0.4) is 0 Å². The lowest BCUT2D eigenvalue weighted by molar-refractivity contribution is 0.0176. The fourth-order valence-corrected chi connectivity index (χ4v) is 2.40. The van der Waals surface area contributed by atoms with Crippen LogP contribution in [0.5, 0.6) is 0 Å². The van der Waals surface area contributed by atoms with Gasteiger partial charge >= 0.3 is 6.09 Å². The van der Waals surface area contributed by atoms with Gasteiger partial charge in [0.05, 0.1) is 5.52 Å². The first kappa shape index (κ1) is 13.0. The zero-order valence-corrected chi connectivity index (χ0v) is 11.3. The predicted molar refractivity (Wildman–Crippen MR) is 67.4 cm³/mol. The summed E-state index contributed by atoms with van der Waals surface area (Å²) in [5, 5.41) is 9.57. The maximum absolute atomic E-state index is 13.2. The minimum Gasteiger partial charge on any atom is -0.464 e. The first-order valence-corrected chi connectivity index (χ1v) is 5.95. The van der Waals surface area contributed by atoms with Crippen LogP contribution in [0, 0.1) is 6.92 Å². The molecule has 1 heterocycles. The lowest BCUT2D eigenvalue weighted by Crippen LogP contribution is -2.10. The van der Waals surface area contributed by atoms with Gasteiger partial charge in [-0.3, -0.25) is 0 Å². The third kappa shape index (κ3) is 1.90. The number of carbonyl (C=O) groups is 1. The highest BCUT2D eigenvalue weighted by Crippen LogP contribution is 2.35. The molecule has 18 heavy (non-hydrogen) atoms. The van der Waals surface area contributed by atoms with E-state index in [-0.39, 0.29) is 5.56 Å². The Kier molecular flexibility index (Phi) is 2.93. The van der Waals surface area contributed by atoms with E-state index in [2.05, 4.69) is 15.9 Å². The van der Waals surface area contributed by atoms with Crippen molar-refractivity contribution >= 4 is 32.9 Å². The number of aromatic nitrogens is 1. The maximum Gasteiger partial charge on any atom is 0.416 e. The van der Waals surface area contributed by atoms with Crippen molar-refractivity contribution in [2.75, 3.05) is 0 Å². The van der Waals surface area contributed by atoms with Crippen LogP contribution in [0.1, 0.15) is 18.2 Å². The zero-order valence-electron chi connectivity index (χ0n) is 9.67. The summed E-state index contributed by atoms with van der Waals surface area (Å²) >= 11 is 3.24. The van der Waals surface area contributed by atoms with Crippen molar-refractivity contribution in [2.45, 2.75) is 19.8 Å². The molecule has 1 N–H and O–H groups in total. The van der Waals surface area contributed by atoms with E-state index in [0.29, 0.717) is 21.1 Å². The summed E-state index contributed by atoms with van der Waals surface area (Å²) in [5.74, 6) is -2.95. The van der Waals surface area contributed by atoms with E-state index >= 15 is 0 Å². The van der Waals surface area contributed by atoms with Crippen LogP contribution < -0.4 is 0 Å². The number of alkyl halides is 2. The maximum atomic E-state index is 13.2. The number of rotatable bonds is 1. The van der Waals surface area contributed by atoms with Gasteiger partial charge in [0.25, 0.3) is 5.92 Å². The number of benzene rings is 1. The molecule has 3 nitrogen and oxygen atoms in total. The van der Waals surface area contributed by atoms with E-state index in [9.17, 15) is 13.6 Å². The quantitative estimate of drug-likeness (QED) is 0.849. The molecule has 0 spiro atoms. The van der Waals surface area contributed by atoms with Crippen molar-refractivity contribution in [1.29, 1.82) is 0 Å². The van der Waals surface area contributed by atoms with Crippen LogP contribution in [-0.4, -0.2) is 15.8 Å². The molecule has 0 fully saturated rings. The van der Waals surface area contributed by atoms with Gasteiger partial charge in [0.2, 0.25) is 0 Å². The van der Waals surface area contributed by atoms with Crippen molar-refractivity contribution in [3.05, 3.63) is 33.9 Å². The van der Waals surface area contributed by atoms with Gasteiger partial charge < -0.3 is 5.11 Å². The molecule has 2 aromatic rings. The standard InChI is InChI=1S/C12H10BrF2NO2/c1-6-10(13)8-5-7(12(2,14)15)3-4-9(8)16(6)11(17)18/h3-5H,1-2H3,(H,17,18). The third-order valence-electron chi connectivity index (χ3n) is 2.83. The van der Waals surface area contributed by atoms with E-state index in [0.717, 1.165) is 11.5 Å². The number of carboxylic acid groups (broad SMARTS) is 1. The predicted octanol–water partition coefficient (Wildman–Crippen LogP) is 4.35. The Morgan fingerprint density at radius 2 is 2.06 bits per heavy atom. The Hall–Kier alpha value is -1.43. The SMILES string of the molecule is Cc1c(Br)c2cc(C(C)(F)F)ccc2n1C(=O)O. The summed E-state index contributed by atoms with van der Waals surface area (Å²) in [5.41, 5.74) is 0.715. The van der Waals surface area contributed by atoms with Crippen molar-refractivity contribution in [2.24, 2.45) is 0 Å². The van der Waals surface area contributed by atoms with Gasteiger partial charge in [-0.1, -0.05) is 6.07 Å². The highest BCUT2D eigenvalue weighted by molar-refractivity contribution is 9.10. The molecule has 0 saturated heterocycles. The average Bonchev–Trinajstić information content (AvgIpc) is 2.50. The molecule has 2 rings (SSSR count). The number of nitrogens with zero attached hydrogens (tertiary/aromatic N) is 1. The average molecular weight is 318 g/mol. The second-order valence-corrected chi connectivity index (χ2v) is 4.93. The van der Waals surface area contributed by atoms with Crippen LogP contribution in [0.25, 0.3) is 10.9 Å². The summed E-state index contributed by atoms with van der Waals surface area (Å²) in [4.78, 5) is 11.1. The molecule has 0 aliphatic heterocycles. The number of halogens is 3. The van der Waals surface area contributed by atoms with Gasteiger partial charge in [0, 0.05) is 28.0 Å². The topological polar surface area (TPSA) is 42.2 Å². The molecule has 0 aliphatic rings. The fourth-order valence-electron chi connectivity index (χ4n) is 1.90. The molecule has 0 amide bonds. The Labute approximate surface area is 110 Å². The Balaban J connectivity index is 2.81. The largest absolute Gasteiger partial charge is 0.464 e. The molecule has 0 aliphatic carbocycles. The van der Waals surface area contributed by atoms with Crippen molar-refractivity contribution in [3.63, 3.8) is 0 Å². The zero-order chi connectivity index (χ0) is 13.7. The number of fused-ring (bicyclic) bond motifs is 1. The molecule has 6 heteroatoms. The van der Waals surface area contributed by atoms with Crippen LogP contribution >= 0.6 is 15.9 Å². The van der Waals surface area contributed by atoms with Gasteiger partial charge in [-0.2, -0.15) is 0 Å². The minimum absolute atomic E-state index is 0.141. The Bertz CT molecular complexity index is 644. The summed E-state index contributed by atoms with van der Waals surface area (Å²) in [6.45, 7) is 2.42. The Morgan fingerprint density at radius 1 is 1.44 bits per heavy atom. The summed E-state index contributed by atoms with van der Waals surface area (Å²) in [6.07, 6.45) is -1.14. The van der Waals surface area contributed by atoms with Crippen LogP contribution in [0.4, 0.5) is 13.6 Å². The van der Waals surface area contributed by atoms with E-state index in [1.165, 1.54) is 18.2 Å². The second kappa shape index (κ2) is 4.05. The normalized spacial score (nSPS) is 12.1. The first-order chi connectivity index (χ1) is 8.23. The minimum atomic E-state index is -2.95. The highest BCUT2D eigenvalue weighted by atomic mass is 79.9. The van der Waals surface area contributed by atoms with E-state index < -0.39 is 12.0 Å². The van der Waals surface area contributed by atoms with Crippen LogP contribution in [-0.2, 0) is 5.92 Å². The van der Waals surface area contributed by atoms with Crippen LogP contribution in [0.2, 0.25) is 0 Å². The molecule has 1 aromatic heterocycles. The molecule has 1 aromatic carbocycles. The van der Waals surface area contributed by atoms with Gasteiger partial charge in [0.1, 0.15) is 0 Å². The third-order valence-corrected chi connectivity index (χ3v) is 3.83. The summed E-state index contributed by atoms with van der Waals surface area (Å²) in [7, 11) is 0. The molecule has 0 saturated carbocycles. The summed E-state index contributed by atoms with van der Waals surface area (Å²) in [6, 6.07) is 3.95. The molecule has 0 bridgehead atoms. The van der Waals surface area contributed by atoms with E-state index in [4.69, 9.17) is 5.11 Å². The highest BCUT2D eigenvalue weighted by Gasteiger charge is 2.26. The molecule has 0 unspecified atom stereocenters. The lowest BCUT2D eigenvalue weighted by Gasteiger charge is -2.10. The van der Waals surface area contributed by atoms with Gasteiger partial charge in [-0.15, -0.1) is 0 Å². The van der Waals surface area contributed by atoms with Crippen molar-refractivity contribution < 1.29 is 18.7 Å².